The van der Waals surface area contributed by atoms with Crippen molar-refractivity contribution in [2.75, 3.05) is 20.3 Å². The van der Waals surface area contributed by atoms with Crippen LogP contribution in [0.25, 0.3) is 23.0 Å². The van der Waals surface area contributed by atoms with E-state index in [-0.39, 0.29) is 11.7 Å². The van der Waals surface area contributed by atoms with Crippen LogP contribution in [0.2, 0.25) is 0 Å². The first-order valence-electron chi connectivity index (χ1n) is 11.9. The highest BCUT2D eigenvalue weighted by Gasteiger charge is 2.32. The van der Waals surface area contributed by atoms with Crippen LogP contribution >= 0.6 is 24.0 Å². The fourth-order valence-electron chi connectivity index (χ4n) is 3.90. The van der Waals surface area contributed by atoms with Gasteiger partial charge in [-0.15, -0.1) is 0 Å². The highest BCUT2D eigenvalue weighted by Crippen LogP contribution is 2.35. The number of rotatable bonds is 9. The van der Waals surface area contributed by atoms with Crippen LogP contribution in [0.5, 0.6) is 5.75 Å². The van der Waals surface area contributed by atoms with E-state index in [4.69, 9.17) is 26.8 Å². The Morgan fingerprint density at radius 3 is 2.47 bits per heavy atom. The number of carbonyl (C=O) groups is 1. The van der Waals surface area contributed by atoms with Crippen LogP contribution in [0.1, 0.15) is 11.1 Å². The molecule has 9 heteroatoms. The summed E-state index contributed by atoms with van der Waals surface area (Å²) < 4.78 is 26.4. The maximum atomic E-state index is 13.1. The van der Waals surface area contributed by atoms with E-state index >= 15 is 0 Å². The normalized spacial score (nSPS) is 14.5. The fraction of sp³-hybridized carbons (Fsp3) is 0.138. The van der Waals surface area contributed by atoms with Gasteiger partial charge in [0, 0.05) is 24.4 Å². The van der Waals surface area contributed by atoms with Gasteiger partial charge < -0.3 is 9.47 Å². The average Bonchev–Trinajstić information content (AvgIpc) is 3.48. The highest BCUT2D eigenvalue weighted by molar-refractivity contribution is 8.26. The van der Waals surface area contributed by atoms with E-state index < -0.39 is 0 Å². The third kappa shape index (κ3) is 5.85. The second-order valence-electron chi connectivity index (χ2n) is 8.48. The molecule has 1 aliphatic heterocycles. The minimum Gasteiger partial charge on any atom is -0.489 e. The van der Waals surface area contributed by atoms with E-state index in [1.165, 1.54) is 23.9 Å². The molecule has 1 aliphatic rings. The van der Waals surface area contributed by atoms with Gasteiger partial charge in [-0.2, -0.15) is 5.10 Å². The quantitative estimate of drug-likeness (QED) is 0.187. The molecule has 0 atom stereocenters. The van der Waals surface area contributed by atoms with Crippen LogP contribution in [0.3, 0.4) is 0 Å². The molecule has 0 saturated carbocycles. The van der Waals surface area contributed by atoms with E-state index in [2.05, 4.69) is 0 Å². The zero-order valence-electron chi connectivity index (χ0n) is 20.5. The van der Waals surface area contributed by atoms with Crippen molar-refractivity contribution >= 4 is 40.3 Å². The van der Waals surface area contributed by atoms with Crippen LogP contribution < -0.4 is 4.74 Å². The summed E-state index contributed by atoms with van der Waals surface area (Å²) in [6.45, 7) is 1.15. The van der Waals surface area contributed by atoms with E-state index in [9.17, 15) is 9.18 Å². The van der Waals surface area contributed by atoms with Crippen molar-refractivity contribution in [3.63, 3.8) is 0 Å². The van der Waals surface area contributed by atoms with Gasteiger partial charge in [0.2, 0.25) is 0 Å². The van der Waals surface area contributed by atoms with Gasteiger partial charge in [-0.25, -0.2) is 9.07 Å². The molecule has 0 bridgehead atoms. The van der Waals surface area contributed by atoms with E-state index in [1.54, 1.807) is 28.8 Å². The lowest BCUT2D eigenvalue weighted by Crippen LogP contribution is -2.31. The summed E-state index contributed by atoms with van der Waals surface area (Å²) in [7, 11) is 1.59. The predicted octanol–water partition coefficient (Wildman–Crippen LogP) is 6.11. The third-order valence-electron chi connectivity index (χ3n) is 5.89. The number of amides is 1. The molecular weight excluding hydrogens is 521 g/mol. The molecule has 0 aliphatic carbocycles. The van der Waals surface area contributed by atoms with Gasteiger partial charge in [-0.1, -0.05) is 54.3 Å². The van der Waals surface area contributed by atoms with Crippen LogP contribution in [0.15, 0.2) is 90.0 Å². The SMILES string of the molecule is COCCN1C(=O)C(=Cc2cn(-c3ccccc3)nc2-c2ccc(OCc3ccc(F)cc3)cc2)SC1=S. The number of hydrogen-bond donors (Lipinski definition) is 0. The van der Waals surface area contributed by atoms with Crippen molar-refractivity contribution in [1.29, 1.82) is 0 Å². The van der Waals surface area contributed by atoms with E-state index in [0.717, 1.165) is 28.1 Å². The molecule has 5 rings (SSSR count). The molecule has 1 aromatic heterocycles. The number of halogens is 1. The molecule has 192 valence electrons. The molecule has 38 heavy (non-hydrogen) atoms. The lowest BCUT2D eigenvalue weighted by atomic mass is 10.1. The number of thiocarbonyl (C=S) groups is 1. The van der Waals surface area contributed by atoms with Gasteiger partial charge in [-0.3, -0.25) is 9.69 Å². The monoisotopic (exact) mass is 545 g/mol. The average molecular weight is 546 g/mol. The molecule has 0 spiro atoms. The smallest absolute Gasteiger partial charge is 0.266 e. The van der Waals surface area contributed by atoms with Gasteiger partial charge in [0.15, 0.2) is 0 Å². The zero-order chi connectivity index (χ0) is 26.5. The number of benzene rings is 3. The van der Waals surface area contributed by atoms with Crippen molar-refractivity contribution in [2.24, 2.45) is 0 Å². The van der Waals surface area contributed by atoms with Gasteiger partial charge in [0.25, 0.3) is 5.91 Å². The maximum Gasteiger partial charge on any atom is 0.266 e. The van der Waals surface area contributed by atoms with Crippen molar-refractivity contribution in [3.05, 3.63) is 107 Å². The fourth-order valence-corrected chi connectivity index (χ4v) is 5.20. The molecule has 1 amide bonds. The van der Waals surface area contributed by atoms with Crippen LogP contribution in [-0.2, 0) is 16.1 Å². The standard InChI is InChI=1S/C29H24FN3O3S2/c1-35-16-15-32-28(34)26(38-29(32)37)17-22-18-33(24-5-3-2-4-6-24)31-27(22)21-9-13-25(14-10-21)36-19-20-7-11-23(30)12-8-20/h2-14,17-18H,15-16,19H2,1H3. The number of hydrogen-bond acceptors (Lipinski definition) is 6. The molecule has 4 aromatic rings. The summed E-state index contributed by atoms with van der Waals surface area (Å²) in [5.74, 6) is 0.266. The van der Waals surface area contributed by atoms with Crippen molar-refractivity contribution in [1.82, 2.24) is 14.7 Å². The Labute approximate surface area is 229 Å². The van der Waals surface area contributed by atoms with Gasteiger partial charge >= 0.3 is 0 Å². The largest absolute Gasteiger partial charge is 0.489 e. The molecular formula is C29H24FN3O3S2. The predicted molar refractivity (Wildman–Crippen MR) is 151 cm³/mol. The molecule has 1 fully saturated rings. The van der Waals surface area contributed by atoms with Gasteiger partial charge in [-0.05, 0) is 60.2 Å². The van der Waals surface area contributed by atoms with Gasteiger partial charge in [0.05, 0.1) is 29.4 Å². The lowest BCUT2D eigenvalue weighted by molar-refractivity contribution is -0.122. The summed E-state index contributed by atoms with van der Waals surface area (Å²) in [6, 6.07) is 23.6. The Balaban J connectivity index is 1.43. The topological polar surface area (TPSA) is 56.6 Å². The van der Waals surface area contributed by atoms with Crippen molar-refractivity contribution in [2.45, 2.75) is 6.61 Å². The number of ether oxygens (including phenoxy) is 2. The first-order valence-corrected chi connectivity index (χ1v) is 13.1. The summed E-state index contributed by atoms with van der Waals surface area (Å²) >= 11 is 6.71. The summed E-state index contributed by atoms with van der Waals surface area (Å²) in [6.07, 6.45) is 3.75. The summed E-state index contributed by atoms with van der Waals surface area (Å²) in [4.78, 5) is 15.1. The van der Waals surface area contributed by atoms with Crippen LogP contribution in [-0.4, -0.2) is 45.2 Å². The molecule has 0 unspecified atom stereocenters. The number of carbonyl (C=O) groups excluding carboxylic acids is 1. The minimum atomic E-state index is -0.277. The molecule has 1 saturated heterocycles. The summed E-state index contributed by atoms with van der Waals surface area (Å²) in [5, 5.41) is 4.85. The van der Waals surface area contributed by atoms with E-state index in [0.29, 0.717) is 34.7 Å². The Kier molecular flexibility index (Phi) is 7.97. The third-order valence-corrected chi connectivity index (χ3v) is 7.27. The maximum absolute atomic E-state index is 13.1. The van der Waals surface area contributed by atoms with Gasteiger partial charge in [0.1, 0.15) is 22.5 Å². The molecule has 0 radical (unpaired) electrons. The molecule has 0 N–H and O–H groups in total. The Hall–Kier alpha value is -3.79. The Morgan fingerprint density at radius 1 is 1.03 bits per heavy atom. The Morgan fingerprint density at radius 2 is 1.76 bits per heavy atom. The van der Waals surface area contributed by atoms with E-state index in [1.807, 2.05) is 66.9 Å². The first-order chi connectivity index (χ1) is 18.5. The minimum absolute atomic E-state index is 0.139. The lowest BCUT2D eigenvalue weighted by Gasteiger charge is -2.12. The van der Waals surface area contributed by atoms with Crippen molar-refractivity contribution in [3.8, 4) is 22.7 Å². The molecule has 2 heterocycles. The number of methoxy groups -OCH3 is 1. The number of aromatic nitrogens is 2. The van der Waals surface area contributed by atoms with Crippen LogP contribution in [0, 0.1) is 5.82 Å². The zero-order valence-corrected chi connectivity index (χ0v) is 22.2. The number of nitrogens with zero attached hydrogens (tertiary/aromatic N) is 3. The summed E-state index contributed by atoms with van der Waals surface area (Å²) in [5.41, 5.74) is 4.17. The molecule has 6 nitrogen and oxygen atoms in total. The second-order valence-corrected chi connectivity index (χ2v) is 10.2. The second kappa shape index (κ2) is 11.7. The number of para-hydroxylation sites is 1. The molecule has 3 aromatic carbocycles. The first kappa shape index (κ1) is 25.8. The van der Waals surface area contributed by atoms with Crippen LogP contribution in [0.4, 0.5) is 4.39 Å². The van der Waals surface area contributed by atoms with Crippen molar-refractivity contribution < 1.29 is 18.7 Å². The Bertz CT molecular complexity index is 1470. The highest BCUT2D eigenvalue weighted by atomic mass is 32.2. The number of thioether (sulfide) groups is 1.